The fraction of sp³-hybridized carbons (Fsp3) is 1.00. The highest BCUT2D eigenvalue weighted by molar-refractivity contribution is 5.10. The summed E-state index contributed by atoms with van der Waals surface area (Å²) in [4.78, 5) is 2.85. The molecule has 3 aliphatic heterocycles. The number of piperidine rings is 1. The summed E-state index contributed by atoms with van der Waals surface area (Å²) >= 11 is 0. The molecule has 1 saturated carbocycles. The van der Waals surface area contributed by atoms with E-state index >= 15 is 0 Å². The molecule has 3 saturated heterocycles. The van der Waals surface area contributed by atoms with Gasteiger partial charge in [-0.1, -0.05) is 46.0 Å². The number of hydrogen-bond acceptors (Lipinski definition) is 3. The molecular formula is C19H35N3. The first kappa shape index (κ1) is 15.4. The van der Waals surface area contributed by atoms with E-state index in [1.807, 2.05) is 0 Å². The first-order valence-electron chi connectivity index (χ1n) is 10.1. The predicted molar refractivity (Wildman–Crippen MR) is 91.7 cm³/mol. The summed E-state index contributed by atoms with van der Waals surface area (Å²) in [6, 6.07) is 1.58. The number of rotatable bonds is 3. The van der Waals surface area contributed by atoms with E-state index in [4.69, 9.17) is 0 Å². The highest BCUT2D eigenvalue weighted by Crippen LogP contribution is 2.52. The minimum absolute atomic E-state index is 0.678. The third-order valence-electron chi connectivity index (χ3n) is 7.43. The summed E-state index contributed by atoms with van der Waals surface area (Å²) in [7, 11) is 0. The van der Waals surface area contributed by atoms with E-state index in [-0.39, 0.29) is 0 Å². The number of nitrogens with one attached hydrogen (secondary N) is 2. The minimum Gasteiger partial charge on any atom is -0.315 e. The van der Waals surface area contributed by atoms with Gasteiger partial charge < -0.3 is 5.32 Å². The Labute approximate surface area is 136 Å². The standard InChI is InChI=1S/C19H35N3/c1-3-16-17(13-8-6-5-7-9-13)18-14-10-11-20-12-15(14)21-19(18)22(16)4-2/h13-21H,3-12H2,1-2H3. The SMILES string of the molecule is CCC1C(C2CCCCC2)C2C3CCNCC3NC2N1CC. The molecule has 0 spiro atoms. The van der Waals surface area contributed by atoms with Crippen molar-refractivity contribution in [3.8, 4) is 0 Å². The number of fused-ring (bicyclic) bond motifs is 3. The quantitative estimate of drug-likeness (QED) is 0.839. The molecule has 4 rings (SSSR count). The van der Waals surface area contributed by atoms with Crippen molar-refractivity contribution < 1.29 is 0 Å². The average molecular weight is 306 g/mol. The van der Waals surface area contributed by atoms with Gasteiger partial charge in [-0.2, -0.15) is 0 Å². The van der Waals surface area contributed by atoms with Gasteiger partial charge in [0.25, 0.3) is 0 Å². The van der Waals surface area contributed by atoms with Crippen LogP contribution in [0.15, 0.2) is 0 Å². The molecule has 4 fully saturated rings. The Hall–Kier alpha value is -0.120. The second-order valence-corrected chi connectivity index (χ2v) is 8.23. The molecule has 0 radical (unpaired) electrons. The molecule has 6 atom stereocenters. The first-order valence-corrected chi connectivity index (χ1v) is 10.1. The molecule has 3 heteroatoms. The van der Waals surface area contributed by atoms with Crippen molar-refractivity contribution in [1.29, 1.82) is 0 Å². The van der Waals surface area contributed by atoms with E-state index in [2.05, 4.69) is 29.4 Å². The van der Waals surface area contributed by atoms with E-state index in [0.717, 1.165) is 35.8 Å². The molecule has 0 aromatic heterocycles. The molecule has 0 bridgehead atoms. The second-order valence-electron chi connectivity index (χ2n) is 8.23. The Kier molecular flexibility index (Phi) is 4.49. The van der Waals surface area contributed by atoms with Crippen LogP contribution >= 0.6 is 0 Å². The smallest absolute Gasteiger partial charge is 0.0637 e. The lowest BCUT2D eigenvalue weighted by molar-refractivity contribution is 0.112. The maximum atomic E-state index is 4.05. The van der Waals surface area contributed by atoms with Crippen molar-refractivity contribution in [1.82, 2.24) is 15.5 Å². The van der Waals surface area contributed by atoms with Crippen LogP contribution in [0, 0.1) is 23.7 Å². The molecule has 0 aromatic rings. The third kappa shape index (κ3) is 2.35. The summed E-state index contributed by atoms with van der Waals surface area (Å²) in [6.45, 7) is 8.48. The van der Waals surface area contributed by atoms with Gasteiger partial charge in [0.05, 0.1) is 6.17 Å². The van der Waals surface area contributed by atoms with Crippen molar-refractivity contribution in [2.24, 2.45) is 23.7 Å². The van der Waals surface area contributed by atoms with E-state index in [9.17, 15) is 0 Å². The molecule has 22 heavy (non-hydrogen) atoms. The second kappa shape index (κ2) is 6.41. The maximum Gasteiger partial charge on any atom is 0.0637 e. The van der Waals surface area contributed by atoms with E-state index in [1.54, 1.807) is 0 Å². The van der Waals surface area contributed by atoms with Gasteiger partial charge in [0.15, 0.2) is 0 Å². The lowest BCUT2D eigenvalue weighted by Crippen LogP contribution is -2.51. The first-order chi connectivity index (χ1) is 10.8. The number of hydrogen-bond donors (Lipinski definition) is 2. The number of nitrogens with zero attached hydrogens (tertiary/aromatic N) is 1. The average Bonchev–Trinajstić information content (AvgIpc) is 3.08. The molecule has 4 aliphatic rings. The molecule has 3 nitrogen and oxygen atoms in total. The van der Waals surface area contributed by atoms with Gasteiger partial charge in [-0.05, 0) is 49.6 Å². The maximum absolute atomic E-state index is 4.05. The summed E-state index contributed by atoms with van der Waals surface area (Å²) in [5.41, 5.74) is 0. The topological polar surface area (TPSA) is 27.3 Å². The predicted octanol–water partition coefficient (Wildman–Crippen LogP) is 2.82. The van der Waals surface area contributed by atoms with Crippen LogP contribution in [0.25, 0.3) is 0 Å². The summed E-state index contributed by atoms with van der Waals surface area (Å²) in [5, 5.41) is 7.67. The normalized spacial score (nSPS) is 46.6. The summed E-state index contributed by atoms with van der Waals surface area (Å²) < 4.78 is 0. The Balaban J connectivity index is 1.63. The molecule has 6 unspecified atom stereocenters. The van der Waals surface area contributed by atoms with Crippen LogP contribution in [0.4, 0.5) is 0 Å². The molecule has 3 heterocycles. The van der Waals surface area contributed by atoms with Crippen molar-refractivity contribution in [2.45, 2.75) is 77.0 Å². The Morgan fingerprint density at radius 1 is 1.00 bits per heavy atom. The fourth-order valence-corrected chi connectivity index (χ4v) is 6.67. The molecule has 0 amide bonds. The van der Waals surface area contributed by atoms with Gasteiger partial charge in [0.1, 0.15) is 0 Å². The highest BCUT2D eigenvalue weighted by Gasteiger charge is 2.58. The lowest BCUT2D eigenvalue weighted by Gasteiger charge is -2.39. The molecule has 1 aliphatic carbocycles. The van der Waals surface area contributed by atoms with Crippen LogP contribution in [0.3, 0.4) is 0 Å². The lowest BCUT2D eigenvalue weighted by atomic mass is 9.67. The Morgan fingerprint density at radius 2 is 1.82 bits per heavy atom. The van der Waals surface area contributed by atoms with Gasteiger partial charge in [0.2, 0.25) is 0 Å². The van der Waals surface area contributed by atoms with Crippen LogP contribution in [0.2, 0.25) is 0 Å². The van der Waals surface area contributed by atoms with Crippen LogP contribution in [0.1, 0.15) is 58.8 Å². The van der Waals surface area contributed by atoms with Gasteiger partial charge >= 0.3 is 0 Å². The van der Waals surface area contributed by atoms with Gasteiger partial charge in [0, 0.05) is 18.6 Å². The molecule has 126 valence electrons. The molecular weight excluding hydrogens is 270 g/mol. The third-order valence-corrected chi connectivity index (χ3v) is 7.43. The van der Waals surface area contributed by atoms with E-state index < -0.39 is 0 Å². The zero-order chi connectivity index (χ0) is 15.1. The van der Waals surface area contributed by atoms with Crippen LogP contribution in [0.5, 0.6) is 0 Å². The van der Waals surface area contributed by atoms with Crippen molar-refractivity contribution >= 4 is 0 Å². The van der Waals surface area contributed by atoms with Crippen LogP contribution in [-0.2, 0) is 0 Å². The van der Waals surface area contributed by atoms with Crippen molar-refractivity contribution in [3.05, 3.63) is 0 Å². The summed E-state index contributed by atoms with van der Waals surface area (Å²) in [6.07, 6.45) is 10.9. The Bertz CT molecular complexity index is 379. The highest BCUT2D eigenvalue weighted by atomic mass is 15.4. The van der Waals surface area contributed by atoms with Crippen LogP contribution < -0.4 is 10.6 Å². The zero-order valence-electron chi connectivity index (χ0n) is 14.6. The van der Waals surface area contributed by atoms with Crippen LogP contribution in [-0.4, -0.2) is 42.8 Å². The fourth-order valence-electron chi connectivity index (χ4n) is 6.67. The van der Waals surface area contributed by atoms with Crippen molar-refractivity contribution in [3.63, 3.8) is 0 Å². The molecule has 0 aromatic carbocycles. The zero-order valence-corrected chi connectivity index (χ0v) is 14.6. The van der Waals surface area contributed by atoms with Gasteiger partial charge in [-0.3, -0.25) is 10.2 Å². The Morgan fingerprint density at radius 3 is 2.55 bits per heavy atom. The van der Waals surface area contributed by atoms with Gasteiger partial charge in [-0.15, -0.1) is 0 Å². The largest absolute Gasteiger partial charge is 0.315 e. The van der Waals surface area contributed by atoms with E-state index in [1.165, 1.54) is 64.6 Å². The number of likely N-dealkylation sites (tertiary alicyclic amines) is 1. The van der Waals surface area contributed by atoms with Crippen molar-refractivity contribution in [2.75, 3.05) is 19.6 Å². The minimum atomic E-state index is 0.678. The van der Waals surface area contributed by atoms with Gasteiger partial charge in [-0.25, -0.2) is 0 Å². The van der Waals surface area contributed by atoms with E-state index in [0.29, 0.717) is 6.17 Å². The summed E-state index contributed by atoms with van der Waals surface area (Å²) in [5.74, 6) is 3.85. The monoisotopic (exact) mass is 305 g/mol. The molecule has 2 N–H and O–H groups in total.